The Hall–Kier alpha value is -1.28. The number of amides is 1. The summed E-state index contributed by atoms with van der Waals surface area (Å²) >= 11 is 5.77. The minimum absolute atomic E-state index is 0.132. The molecule has 1 aromatic rings. The molecule has 0 spiro atoms. The fraction of sp³-hybridized carbons (Fsp3) is 0.182. The van der Waals surface area contributed by atoms with E-state index in [1.807, 2.05) is 13.8 Å². The summed E-state index contributed by atoms with van der Waals surface area (Å²) in [5.74, 6) is -0.132. The van der Waals surface area contributed by atoms with E-state index in [1.165, 1.54) is 0 Å². The maximum absolute atomic E-state index is 11.3. The van der Waals surface area contributed by atoms with Crippen LogP contribution in [0.25, 0.3) is 0 Å². The fourth-order valence-electron chi connectivity index (χ4n) is 1.01. The molecule has 74 valence electrons. The Morgan fingerprint density at radius 2 is 2.14 bits per heavy atom. The molecule has 2 nitrogen and oxygen atoms in total. The van der Waals surface area contributed by atoms with Crippen LogP contribution in [0, 0.1) is 0 Å². The van der Waals surface area contributed by atoms with Crippen LogP contribution in [0.5, 0.6) is 0 Å². The summed E-state index contributed by atoms with van der Waals surface area (Å²) in [6.45, 7) is 3.75. The molecular formula is C11H12ClNO. The third-order valence-corrected chi connectivity index (χ3v) is 1.75. The second-order valence-electron chi connectivity index (χ2n) is 3.22. The zero-order valence-electron chi connectivity index (χ0n) is 8.17. The smallest absolute Gasteiger partial charge is 0.248 e. The largest absolute Gasteiger partial charge is 0.322 e. The van der Waals surface area contributed by atoms with Gasteiger partial charge in [0.1, 0.15) is 0 Å². The second-order valence-corrected chi connectivity index (χ2v) is 3.66. The van der Waals surface area contributed by atoms with E-state index in [-0.39, 0.29) is 5.91 Å². The number of allylic oxidation sites excluding steroid dienone is 1. The number of hydrogen-bond donors (Lipinski definition) is 1. The van der Waals surface area contributed by atoms with E-state index in [9.17, 15) is 4.79 Å². The summed E-state index contributed by atoms with van der Waals surface area (Å²) in [6, 6.07) is 7.06. The lowest BCUT2D eigenvalue weighted by atomic mass is 10.3. The highest BCUT2D eigenvalue weighted by molar-refractivity contribution is 6.30. The molecule has 0 saturated heterocycles. The lowest BCUT2D eigenvalue weighted by Gasteiger charge is -2.02. The fourth-order valence-corrected chi connectivity index (χ4v) is 1.20. The van der Waals surface area contributed by atoms with Gasteiger partial charge < -0.3 is 5.32 Å². The van der Waals surface area contributed by atoms with Gasteiger partial charge in [-0.15, -0.1) is 0 Å². The third-order valence-electron chi connectivity index (χ3n) is 1.51. The topological polar surface area (TPSA) is 29.1 Å². The lowest BCUT2D eigenvalue weighted by molar-refractivity contribution is -0.111. The molecule has 0 aliphatic carbocycles. The molecular weight excluding hydrogens is 198 g/mol. The predicted molar refractivity (Wildman–Crippen MR) is 59.5 cm³/mol. The van der Waals surface area contributed by atoms with Gasteiger partial charge in [-0.3, -0.25) is 4.79 Å². The van der Waals surface area contributed by atoms with E-state index < -0.39 is 0 Å². The standard InChI is InChI=1S/C11H12ClNO/c1-8(2)6-11(14)13-10-5-3-4-9(12)7-10/h3-7H,1-2H3,(H,13,14). The highest BCUT2D eigenvalue weighted by Gasteiger charge is 1.98. The SMILES string of the molecule is CC(C)=CC(=O)Nc1cccc(Cl)c1. The molecule has 0 atom stereocenters. The van der Waals surface area contributed by atoms with Crippen molar-refractivity contribution >= 4 is 23.2 Å². The van der Waals surface area contributed by atoms with E-state index >= 15 is 0 Å². The average molecular weight is 210 g/mol. The number of rotatable bonds is 2. The van der Waals surface area contributed by atoms with Crippen LogP contribution in [0.15, 0.2) is 35.9 Å². The Labute approximate surface area is 88.6 Å². The van der Waals surface area contributed by atoms with Gasteiger partial charge in [0.05, 0.1) is 0 Å². The first-order valence-electron chi connectivity index (χ1n) is 4.29. The van der Waals surface area contributed by atoms with Crippen molar-refractivity contribution in [2.75, 3.05) is 5.32 Å². The molecule has 14 heavy (non-hydrogen) atoms. The van der Waals surface area contributed by atoms with Gasteiger partial charge in [-0.05, 0) is 32.0 Å². The van der Waals surface area contributed by atoms with Crippen LogP contribution in [0.2, 0.25) is 5.02 Å². The first-order chi connectivity index (χ1) is 6.58. The molecule has 1 N–H and O–H groups in total. The highest BCUT2D eigenvalue weighted by Crippen LogP contribution is 2.14. The Morgan fingerprint density at radius 1 is 1.43 bits per heavy atom. The molecule has 0 aliphatic rings. The number of nitrogens with one attached hydrogen (secondary N) is 1. The number of hydrogen-bond acceptors (Lipinski definition) is 1. The van der Waals surface area contributed by atoms with E-state index in [0.717, 1.165) is 5.57 Å². The summed E-state index contributed by atoms with van der Waals surface area (Å²) in [6.07, 6.45) is 1.54. The van der Waals surface area contributed by atoms with Crippen LogP contribution in [0.3, 0.4) is 0 Å². The molecule has 3 heteroatoms. The van der Waals surface area contributed by atoms with Crippen LogP contribution in [0.4, 0.5) is 5.69 Å². The van der Waals surface area contributed by atoms with Crippen molar-refractivity contribution in [1.82, 2.24) is 0 Å². The second kappa shape index (κ2) is 4.82. The van der Waals surface area contributed by atoms with Crippen LogP contribution < -0.4 is 5.32 Å². The maximum atomic E-state index is 11.3. The first kappa shape index (κ1) is 10.8. The van der Waals surface area contributed by atoms with Gasteiger partial charge in [-0.2, -0.15) is 0 Å². The molecule has 0 radical (unpaired) electrons. The molecule has 0 bridgehead atoms. The molecule has 0 heterocycles. The molecule has 0 aliphatic heterocycles. The van der Waals surface area contributed by atoms with Crippen molar-refractivity contribution in [2.45, 2.75) is 13.8 Å². The Kier molecular flexibility index (Phi) is 3.72. The van der Waals surface area contributed by atoms with Crippen molar-refractivity contribution in [3.63, 3.8) is 0 Å². The molecule has 1 amide bonds. The summed E-state index contributed by atoms with van der Waals surface area (Å²) < 4.78 is 0. The summed E-state index contributed by atoms with van der Waals surface area (Å²) in [5.41, 5.74) is 1.67. The van der Waals surface area contributed by atoms with Crippen molar-refractivity contribution < 1.29 is 4.79 Å². The van der Waals surface area contributed by atoms with E-state index in [0.29, 0.717) is 10.7 Å². The number of benzene rings is 1. The van der Waals surface area contributed by atoms with Crippen molar-refractivity contribution in [3.8, 4) is 0 Å². The van der Waals surface area contributed by atoms with Gasteiger partial charge in [0.15, 0.2) is 0 Å². The minimum atomic E-state index is -0.132. The molecule has 0 unspecified atom stereocenters. The molecule has 0 saturated carbocycles. The summed E-state index contributed by atoms with van der Waals surface area (Å²) in [7, 11) is 0. The Bertz CT molecular complexity index is 367. The van der Waals surface area contributed by atoms with Gasteiger partial charge >= 0.3 is 0 Å². The van der Waals surface area contributed by atoms with Crippen LogP contribution in [-0.4, -0.2) is 5.91 Å². The first-order valence-corrected chi connectivity index (χ1v) is 4.67. The van der Waals surface area contributed by atoms with Crippen LogP contribution in [0.1, 0.15) is 13.8 Å². The molecule has 1 rings (SSSR count). The number of carbonyl (C=O) groups is 1. The van der Waals surface area contributed by atoms with Crippen molar-refractivity contribution in [3.05, 3.63) is 40.9 Å². The highest BCUT2D eigenvalue weighted by atomic mass is 35.5. The van der Waals surface area contributed by atoms with Gasteiger partial charge in [0.2, 0.25) is 5.91 Å². The zero-order chi connectivity index (χ0) is 10.6. The average Bonchev–Trinajstić information content (AvgIpc) is 2.01. The Morgan fingerprint density at radius 3 is 2.71 bits per heavy atom. The van der Waals surface area contributed by atoms with Crippen molar-refractivity contribution in [1.29, 1.82) is 0 Å². The summed E-state index contributed by atoms with van der Waals surface area (Å²) in [5, 5.41) is 3.33. The van der Waals surface area contributed by atoms with Gasteiger partial charge in [0, 0.05) is 16.8 Å². The summed E-state index contributed by atoms with van der Waals surface area (Å²) in [4.78, 5) is 11.3. The molecule has 1 aromatic carbocycles. The Balaban J connectivity index is 2.70. The normalized spacial score (nSPS) is 9.36. The van der Waals surface area contributed by atoms with Crippen LogP contribution in [-0.2, 0) is 4.79 Å². The number of carbonyl (C=O) groups excluding carboxylic acids is 1. The molecule has 0 aromatic heterocycles. The monoisotopic (exact) mass is 209 g/mol. The van der Waals surface area contributed by atoms with Crippen LogP contribution >= 0.6 is 11.6 Å². The van der Waals surface area contributed by atoms with Crippen molar-refractivity contribution in [2.24, 2.45) is 0 Å². The molecule has 0 fully saturated rings. The third kappa shape index (κ3) is 3.62. The zero-order valence-corrected chi connectivity index (χ0v) is 8.93. The van der Waals surface area contributed by atoms with Gasteiger partial charge in [0.25, 0.3) is 0 Å². The quantitative estimate of drug-likeness (QED) is 0.745. The van der Waals surface area contributed by atoms with E-state index in [1.54, 1.807) is 30.3 Å². The number of halogens is 1. The maximum Gasteiger partial charge on any atom is 0.248 e. The van der Waals surface area contributed by atoms with E-state index in [2.05, 4.69) is 5.32 Å². The van der Waals surface area contributed by atoms with Gasteiger partial charge in [-0.25, -0.2) is 0 Å². The minimum Gasteiger partial charge on any atom is -0.322 e. The van der Waals surface area contributed by atoms with E-state index in [4.69, 9.17) is 11.6 Å². The van der Waals surface area contributed by atoms with Gasteiger partial charge in [-0.1, -0.05) is 23.2 Å². The predicted octanol–water partition coefficient (Wildman–Crippen LogP) is 3.24. The lowest BCUT2D eigenvalue weighted by Crippen LogP contribution is -2.08. The number of anilines is 1.